The van der Waals surface area contributed by atoms with Gasteiger partial charge >= 0.3 is 0 Å². The average Bonchev–Trinajstić information content (AvgIpc) is 3.31. The SMILES string of the molecule is Cc1cc(C)nc(Nc2cc([C@H]3CCN(C(=O)/C=C/c4c(C)nn(C)c4C)C3)nc(C)n2)n1. The van der Waals surface area contributed by atoms with Gasteiger partial charge in [-0.2, -0.15) is 5.10 Å². The van der Waals surface area contributed by atoms with Gasteiger partial charge in [0, 0.05) is 60.8 Å². The maximum atomic E-state index is 12.8. The van der Waals surface area contributed by atoms with Crippen LogP contribution in [0.15, 0.2) is 18.2 Å². The number of amides is 1. The van der Waals surface area contributed by atoms with E-state index in [0.29, 0.717) is 30.7 Å². The van der Waals surface area contributed by atoms with Crippen molar-refractivity contribution in [3.63, 3.8) is 0 Å². The molecule has 0 spiro atoms. The Balaban J connectivity index is 1.46. The second-order valence-corrected chi connectivity index (χ2v) is 8.64. The van der Waals surface area contributed by atoms with Crippen LogP contribution in [0.3, 0.4) is 0 Å². The molecule has 0 bridgehead atoms. The van der Waals surface area contributed by atoms with E-state index in [0.717, 1.165) is 40.5 Å². The fourth-order valence-electron chi connectivity index (χ4n) is 4.25. The molecule has 1 N–H and O–H groups in total. The van der Waals surface area contributed by atoms with Gasteiger partial charge in [-0.1, -0.05) is 0 Å². The highest BCUT2D eigenvalue weighted by Gasteiger charge is 2.28. The minimum atomic E-state index is 0.00733. The van der Waals surface area contributed by atoms with Gasteiger partial charge in [0.25, 0.3) is 0 Å². The van der Waals surface area contributed by atoms with Crippen molar-refractivity contribution in [3.8, 4) is 0 Å². The third-order valence-electron chi connectivity index (χ3n) is 5.96. The summed E-state index contributed by atoms with van der Waals surface area (Å²) in [4.78, 5) is 32.7. The fourth-order valence-corrected chi connectivity index (χ4v) is 4.25. The van der Waals surface area contributed by atoms with Gasteiger partial charge in [0.1, 0.15) is 11.6 Å². The molecule has 172 valence electrons. The lowest BCUT2D eigenvalue weighted by molar-refractivity contribution is -0.124. The molecule has 0 unspecified atom stereocenters. The second-order valence-electron chi connectivity index (χ2n) is 8.64. The number of aryl methyl sites for hydroxylation is 5. The molecular weight excluding hydrogens is 416 g/mol. The average molecular weight is 447 g/mol. The summed E-state index contributed by atoms with van der Waals surface area (Å²) < 4.78 is 1.83. The number of hydrogen-bond acceptors (Lipinski definition) is 7. The molecule has 3 aromatic heterocycles. The molecule has 0 aliphatic carbocycles. The van der Waals surface area contributed by atoms with Crippen LogP contribution >= 0.6 is 0 Å². The molecule has 0 saturated carbocycles. The Bertz CT molecular complexity index is 1210. The lowest BCUT2D eigenvalue weighted by Gasteiger charge is -2.15. The maximum Gasteiger partial charge on any atom is 0.246 e. The summed E-state index contributed by atoms with van der Waals surface area (Å²) in [5.74, 6) is 2.02. The van der Waals surface area contributed by atoms with E-state index in [1.54, 1.807) is 6.08 Å². The van der Waals surface area contributed by atoms with Crippen LogP contribution in [0.2, 0.25) is 0 Å². The molecule has 1 saturated heterocycles. The van der Waals surface area contributed by atoms with Crippen molar-refractivity contribution in [2.24, 2.45) is 7.05 Å². The molecule has 3 aromatic rings. The van der Waals surface area contributed by atoms with Crippen LogP contribution in [0, 0.1) is 34.6 Å². The quantitative estimate of drug-likeness (QED) is 0.600. The number of nitrogens with zero attached hydrogens (tertiary/aromatic N) is 7. The number of carbonyl (C=O) groups is 1. The third-order valence-corrected chi connectivity index (χ3v) is 5.96. The number of nitrogens with one attached hydrogen (secondary N) is 1. The standard InChI is InChI=1S/C24H30N8O/c1-14-11-15(2)26-24(25-14)29-22-12-21(27-18(5)28-22)19-9-10-32(13-19)23(33)8-7-20-16(3)30-31(6)17(20)4/h7-8,11-12,19H,9-10,13H2,1-6H3,(H,25,26,27,28,29)/b8-7+/t19-/m0/s1. The molecule has 33 heavy (non-hydrogen) atoms. The van der Waals surface area contributed by atoms with Gasteiger partial charge in [0.15, 0.2) is 0 Å². The molecule has 4 heterocycles. The summed E-state index contributed by atoms with van der Waals surface area (Å²) in [6.07, 6.45) is 4.38. The molecule has 9 nitrogen and oxygen atoms in total. The summed E-state index contributed by atoms with van der Waals surface area (Å²) in [6, 6.07) is 3.86. The summed E-state index contributed by atoms with van der Waals surface area (Å²) in [7, 11) is 1.91. The highest BCUT2D eigenvalue weighted by Crippen LogP contribution is 2.28. The zero-order valence-electron chi connectivity index (χ0n) is 20.0. The summed E-state index contributed by atoms with van der Waals surface area (Å²) >= 11 is 0. The van der Waals surface area contributed by atoms with Crippen molar-refractivity contribution < 1.29 is 4.79 Å². The number of aromatic nitrogens is 6. The number of rotatable bonds is 5. The predicted octanol–water partition coefficient (Wildman–Crippen LogP) is 3.32. The van der Waals surface area contributed by atoms with E-state index in [2.05, 4.69) is 30.4 Å². The zero-order chi connectivity index (χ0) is 23.7. The van der Waals surface area contributed by atoms with E-state index in [1.165, 1.54) is 0 Å². The van der Waals surface area contributed by atoms with Gasteiger partial charge in [-0.05, 0) is 53.2 Å². The maximum absolute atomic E-state index is 12.8. The minimum absolute atomic E-state index is 0.00733. The van der Waals surface area contributed by atoms with Crippen molar-refractivity contribution >= 4 is 23.7 Å². The van der Waals surface area contributed by atoms with Gasteiger partial charge in [0.05, 0.1) is 11.4 Å². The van der Waals surface area contributed by atoms with Crippen LogP contribution in [0.5, 0.6) is 0 Å². The highest BCUT2D eigenvalue weighted by atomic mass is 16.2. The minimum Gasteiger partial charge on any atom is -0.338 e. The third kappa shape index (κ3) is 5.08. The van der Waals surface area contributed by atoms with E-state index in [1.807, 2.05) is 69.5 Å². The first-order valence-corrected chi connectivity index (χ1v) is 11.1. The van der Waals surface area contributed by atoms with E-state index in [4.69, 9.17) is 0 Å². The molecule has 1 atom stereocenters. The van der Waals surface area contributed by atoms with Gasteiger partial charge in [-0.25, -0.2) is 19.9 Å². The first-order valence-electron chi connectivity index (χ1n) is 11.1. The molecule has 9 heteroatoms. The Kier molecular flexibility index (Phi) is 6.22. The zero-order valence-corrected chi connectivity index (χ0v) is 20.0. The van der Waals surface area contributed by atoms with Gasteiger partial charge < -0.3 is 10.2 Å². The molecule has 1 amide bonds. The van der Waals surface area contributed by atoms with Gasteiger partial charge in [-0.15, -0.1) is 0 Å². The van der Waals surface area contributed by atoms with E-state index >= 15 is 0 Å². The number of hydrogen-bond donors (Lipinski definition) is 1. The summed E-state index contributed by atoms with van der Waals surface area (Å²) in [5.41, 5.74) is 5.67. The number of likely N-dealkylation sites (tertiary alicyclic amines) is 1. The normalized spacial score (nSPS) is 16.1. The van der Waals surface area contributed by atoms with Crippen LogP contribution in [-0.4, -0.2) is 53.6 Å². The molecular formula is C24H30N8O. The number of carbonyl (C=O) groups excluding carboxylic acids is 1. The Morgan fingerprint density at radius 2 is 1.79 bits per heavy atom. The van der Waals surface area contributed by atoms with E-state index in [9.17, 15) is 4.79 Å². The van der Waals surface area contributed by atoms with E-state index < -0.39 is 0 Å². The van der Waals surface area contributed by atoms with Gasteiger partial charge in [0.2, 0.25) is 11.9 Å². The molecule has 0 radical (unpaired) electrons. The topological polar surface area (TPSA) is 102 Å². The summed E-state index contributed by atoms with van der Waals surface area (Å²) in [6.45, 7) is 11.0. The van der Waals surface area contributed by atoms with Crippen LogP contribution in [0.25, 0.3) is 6.08 Å². The van der Waals surface area contributed by atoms with Crippen LogP contribution in [-0.2, 0) is 11.8 Å². The van der Waals surface area contributed by atoms with E-state index in [-0.39, 0.29) is 11.8 Å². The Hall–Kier alpha value is -3.62. The highest BCUT2D eigenvalue weighted by molar-refractivity contribution is 5.92. The largest absolute Gasteiger partial charge is 0.338 e. The van der Waals surface area contributed by atoms with Crippen LogP contribution in [0.1, 0.15) is 52.2 Å². The van der Waals surface area contributed by atoms with Crippen molar-refractivity contribution in [2.75, 3.05) is 18.4 Å². The fraction of sp³-hybridized carbons (Fsp3) is 0.417. The van der Waals surface area contributed by atoms with Crippen molar-refractivity contribution in [2.45, 2.75) is 47.0 Å². The lowest BCUT2D eigenvalue weighted by atomic mass is 10.0. The first kappa shape index (κ1) is 22.6. The van der Waals surface area contributed by atoms with Crippen molar-refractivity contribution in [3.05, 3.63) is 58.1 Å². The monoisotopic (exact) mass is 446 g/mol. The molecule has 4 rings (SSSR count). The van der Waals surface area contributed by atoms with Crippen molar-refractivity contribution in [1.29, 1.82) is 0 Å². The molecule has 1 aliphatic rings. The smallest absolute Gasteiger partial charge is 0.246 e. The van der Waals surface area contributed by atoms with Crippen LogP contribution < -0.4 is 5.32 Å². The molecule has 1 fully saturated rings. The first-order chi connectivity index (χ1) is 15.7. The van der Waals surface area contributed by atoms with Gasteiger partial charge in [-0.3, -0.25) is 9.48 Å². The summed E-state index contributed by atoms with van der Waals surface area (Å²) in [5, 5.41) is 7.61. The lowest BCUT2D eigenvalue weighted by Crippen LogP contribution is -2.26. The number of anilines is 2. The van der Waals surface area contributed by atoms with Crippen molar-refractivity contribution in [1.82, 2.24) is 34.6 Å². The molecule has 1 aliphatic heterocycles. The Morgan fingerprint density at radius 3 is 2.45 bits per heavy atom. The molecule has 0 aromatic carbocycles. The Morgan fingerprint density at radius 1 is 1.06 bits per heavy atom. The second kappa shape index (κ2) is 9.09. The Labute approximate surface area is 194 Å². The van der Waals surface area contributed by atoms with Crippen LogP contribution in [0.4, 0.5) is 11.8 Å². The predicted molar refractivity (Wildman–Crippen MR) is 127 cm³/mol.